The molecule has 1 unspecified atom stereocenters. The van der Waals surface area contributed by atoms with Crippen LogP contribution in [0.25, 0.3) is 0 Å². The largest absolute Gasteiger partial charge is 0.411 e. The van der Waals surface area contributed by atoms with Gasteiger partial charge in [0.1, 0.15) is 6.61 Å². The maximum Gasteiger partial charge on any atom is 0.411 e. The number of nitrogens with one attached hydrogen (secondary N) is 2. The summed E-state index contributed by atoms with van der Waals surface area (Å²) in [5.74, 6) is 0.713. The third kappa shape index (κ3) is 11.3. The van der Waals surface area contributed by atoms with Crippen molar-refractivity contribution < 1.29 is 17.9 Å². The molecular formula is C17H33F3N4O. The van der Waals surface area contributed by atoms with Gasteiger partial charge in [0.2, 0.25) is 0 Å². The lowest BCUT2D eigenvalue weighted by Gasteiger charge is -2.33. The number of rotatable bonds is 10. The van der Waals surface area contributed by atoms with Crippen LogP contribution in [0, 0.1) is 0 Å². The Balaban J connectivity index is 2.15. The summed E-state index contributed by atoms with van der Waals surface area (Å²) in [4.78, 5) is 6.90. The highest BCUT2D eigenvalue weighted by Crippen LogP contribution is 2.16. The van der Waals surface area contributed by atoms with Crippen molar-refractivity contribution in [3.63, 3.8) is 0 Å². The van der Waals surface area contributed by atoms with Crippen molar-refractivity contribution >= 4 is 5.96 Å². The molecule has 1 aliphatic heterocycles. The maximum absolute atomic E-state index is 11.9. The van der Waals surface area contributed by atoms with E-state index >= 15 is 0 Å². The molecule has 0 saturated carbocycles. The number of nitrogens with zero attached hydrogens (tertiary/aromatic N) is 2. The average molecular weight is 366 g/mol. The van der Waals surface area contributed by atoms with E-state index in [4.69, 9.17) is 0 Å². The van der Waals surface area contributed by atoms with Gasteiger partial charge < -0.3 is 20.3 Å². The molecule has 0 aliphatic carbocycles. The number of ether oxygens (including phenoxy) is 1. The summed E-state index contributed by atoms with van der Waals surface area (Å²) in [7, 11) is 0. The molecule has 1 atom stereocenters. The van der Waals surface area contributed by atoms with E-state index in [1.165, 1.54) is 25.8 Å². The molecule has 2 N–H and O–H groups in total. The van der Waals surface area contributed by atoms with Crippen molar-refractivity contribution in [2.45, 2.75) is 58.2 Å². The summed E-state index contributed by atoms with van der Waals surface area (Å²) in [6.07, 6.45) is 1.17. The van der Waals surface area contributed by atoms with E-state index in [-0.39, 0.29) is 6.61 Å². The van der Waals surface area contributed by atoms with Crippen molar-refractivity contribution in [3.8, 4) is 0 Å². The molecule has 1 heterocycles. The number of likely N-dealkylation sites (tertiary alicyclic amines) is 1. The van der Waals surface area contributed by atoms with E-state index in [0.717, 1.165) is 26.1 Å². The predicted octanol–water partition coefficient (Wildman–Crippen LogP) is 2.78. The molecule has 0 bridgehead atoms. The molecule has 0 amide bonds. The Kier molecular flexibility index (Phi) is 10.9. The minimum Gasteiger partial charge on any atom is -0.372 e. The zero-order chi connectivity index (χ0) is 18.5. The molecule has 0 aromatic heterocycles. The average Bonchev–Trinajstić information content (AvgIpc) is 2.55. The molecule has 1 fully saturated rings. The van der Waals surface area contributed by atoms with E-state index in [2.05, 4.69) is 32.2 Å². The number of alkyl halides is 3. The molecule has 1 aliphatic rings. The summed E-state index contributed by atoms with van der Waals surface area (Å²) < 4.78 is 40.4. The van der Waals surface area contributed by atoms with E-state index in [0.29, 0.717) is 25.0 Å². The fraction of sp³-hybridized carbons (Fsp3) is 0.941. The van der Waals surface area contributed by atoms with Crippen LogP contribution >= 0.6 is 0 Å². The highest BCUT2D eigenvalue weighted by Gasteiger charge is 2.27. The zero-order valence-electron chi connectivity index (χ0n) is 15.5. The third-order valence-electron chi connectivity index (χ3n) is 4.18. The minimum atomic E-state index is -4.26. The van der Waals surface area contributed by atoms with Gasteiger partial charge in [-0.1, -0.05) is 6.42 Å². The van der Waals surface area contributed by atoms with Crippen LogP contribution in [0.15, 0.2) is 4.99 Å². The van der Waals surface area contributed by atoms with Gasteiger partial charge in [-0.15, -0.1) is 0 Å². The monoisotopic (exact) mass is 366 g/mol. The maximum atomic E-state index is 11.9. The van der Waals surface area contributed by atoms with Gasteiger partial charge in [0.25, 0.3) is 0 Å². The summed E-state index contributed by atoms with van der Waals surface area (Å²) >= 11 is 0. The number of halogens is 3. The Morgan fingerprint density at radius 1 is 1.24 bits per heavy atom. The molecule has 1 rings (SSSR count). The summed E-state index contributed by atoms with van der Waals surface area (Å²) in [5, 5.41) is 6.43. The van der Waals surface area contributed by atoms with Gasteiger partial charge in [-0.05, 0) is 46.1 Å². The molecule has 5 nitrogen and oxygen atoms in total. The van der Waals surface area contributed by atoms with Crippen LogP contribution in [-0.4, -0.2) is 69.0 Å². The SMILES string of the molecule is CCNC(=NCCCOCC(F)(F)F)NCCCN1CCCCC1C. The molecule has 0 aromatic rings. The number of aliphatic imine (C=N–C) groups is 1. The number of hydrogen-bond acceptors (Lipinski definition) is 3. The highest BCUT2D eigenvalue weighted by atomic mass is 19.4. The van der Waals surface area contributed by atoms with Crippen LogP contribution in [0.4, 0.5) is 13.2 Å². The lowest BCUT2D eigenvalue weighted by Crippen LogP contribution is -2.41. The molecule has 1 saturated heterocycles. The molecule has 0 aromatic carbocycles. The Bertz CT molecular complexity index is 377. The number of piperidine rings is 1. The van der Waals surface area contributed by atoms with E-state index in [9.17, 15) is 13.2 Å². The lowest BCUT2D eigenvalue weighted by atomic mass is 10.0. The third-order valence-corrected chi connectivity index (χ3v) is 4.18. The van der Waals surface area contributed by atoms with E-state index in [1.807, 2.05) is 6.92 Å². The second-order valence-corrected chi connectivity index (χ2v) is 6.44. The summed E-state index contributed by atoms with van der Waals surface area (Å²) in [5.41, 5.74) is 0. The molecule has 0 spiro atoms. The zero-order valence-corrected chi connectivity index (χ0v) is 15.5. The van der Waals surface area contributed by atoms with E-state index in [1.54, 1.807) is 0 Å². The number of guanidine groups is 1. The first-order valence-corrected chi connectivity index (χ1v) is 9.33. The lowest BCUT2D eigenvalue weighted by molar-refractivity contribution is -0.173. The Morgan fingerprint density at radius 2 is 2.04 bits per heavy atom. The van der Waals surface area contributed by atoms with Crippen molar-refractivity contribution in [1.29, 1.82) is 0 Å². The summed E-state index contributed by atoms with van der Waals surface area (Å²) in [6, 6.07) is 0.673. The normalized spacial score (nSPS) is 19.9. The van der Waals surface area contributed by atoms with Crippen LogP contribution in [0.5, 0.6) is 0 Å². The van der Waals surface area contributed by atoms with Gasteiger partial charge in [-0.3, -0.25) is 4.99 Å². The first-order valence-electron chi connectivity index (χ1n) is 9.33. The molecule has 0 radical (unpaired) electrons. The van der Waals surface area contributed by atoms with Crippen molar-refractivity contribution in [2.75, 3.05) is 45.9 Å². The molecule has 25 heavy (non-hydrogen) atoms. The smallest absolute Gasteiger partial charge is 0.372 e. The van der Waals surface area contributed by atoms with Crippen LogP contribution < -0.4 is 10.6 Å². The Hall–Kier alpha value is -1.02. The van der Waals surface area contributed by atoms with Gasteiger partial charge in [0, 0.05) is 38.8 Å². The standard InChI is InChI=1S/C17H33F3N4O/c1-3-21-16(23-10-7-13-25-14-17(18,19)20)22-9-6-12-24-11-5-4-8-15(24)2/h15H,3-14H2,1-2H3,(H2,21,22,23). The van der Waals surface area contributed by atoms with Gasteiger partial charge >= 0.3 is 6.18 Å². The predicted molar refractivity (Wildman–Crippen MR) is 95.0 cm³/mol. The van der Waals surface area contributed by atoms with Gasteiger partial charge in [0.15, 0.2) is 5.96 Å². The fourth-order valence-electron chi connectivity index (χ4n) is 2.87. The van der Waals surface area contributed by atoms with Crippen LogP contribution in [0.1, 0.15) is 46.0 Å². The molecule has 148 valence electrons. The van der Waals surface area contributed by atoms with E-state index < -0.39 is 12.8 Å². The second kappa shape index (κ2) is 12.4. The van der Waals surface area contributed by atoms with Crippen molar-refractivity contribution in [3.05, 3.63) is 0 Å². The minimum absolute atomic E-state index is 0.0647. The van der Waals surface area contributed by atoms with Crippen LogP contribution in [0.3, 0.4) is 0 Å². The quantitative estimate of drug-likeness (QED) is 0.355. The van der Waals surface area contributed by atoms with Gasteiger partial charge in [-0.25, -0.2) is 0 Å². The Morgan fingerprint density at radius 3 is 2.72 bits per heavy atom. The topological polar surface area (TPSA) is 48.9 Å². The van der Waals surface area contributed by atoms with Gasteiger partial charge in [-0.2, -0.15) is 13.2 Å². The molecular weight excluding hydrogens is 333 g/mol. The fourth-order valence-corrected chi connectivity index (χ4v) is 2.87. The van der Waals surface area contributed by atoms with Gasteiger partial charge in [0.05, 0.1) is 0 Å². The number of hydrogen-bond donors (Lipinski definition) is 2. The first-order chi connectivity index (χ1) is 11.9. The highest BCUT2D eigenvalue weighted by molar-refractivity contribution is 5.79. The Labute approximate surface area is 149 Å². The first kappa shape index (κ1) is 22.0. The van der Waals surface area contributed by atoms with Crippen molar-refractivity contribution in [1.82, 2.24) is 15.5 Å². The van der Waals surface area contributed by atoms with Crippen LogP contribution in [0.2, 0.25) is 0 Å². The van der Waals surface area contributed by atoms with Crippen LogP contribution in [-0.2, 0) is 4.74 Å². The molecule has 8 heteroatoms. The second-order valence-electron chi connectivity index (χ2n) is 6.44. The summed E-state index contributed by atoms with van der Waals surface area (Å²) in [6.45, 7) is 7.44. The van der Waals surface area contributed by atoms with Crippen molar-refractivity contribution in [2.24, 2.45) is 4.99 Å².